The molecule has 2 aromatic heterocycles. The number of anilines is 1. The molecule has 0 saturated carbocycles. The molecule has 0 aliphatic heterocycles. The lowest BCUT2D eigenvalue weighted by Gasteiger charge is -2.08. The van der Waals surface area contributed by atoms with Gasteiger partial charge in [0.25, 0.3) is 0 Å². The lowest BCUT2D eigenvalue weighted by atomic mass is 10.1. The molecule has 0 bridgehead atoms. The van der Waals surface area contributed by atoms with Gasteiger partial charge in [-0.1, -0.05) is 23.9 Å². The van der Waals surface area contributed by atoms with Gasteiger partial charge in [0.1, 0.15) is 0 Å². The maximum atomic E-state index is 12.2. The smallest absolute Gasteiger partial charge is 0.234 e. The first-order valence-electron chi connectivity index (χ1n) is 8.47. The second-order valence-electron chi connectivity index (χ2n) is 6.09. The van der Waals surface area contributed by atoms with Gasteiger partial charge in [-0.2, -0.15) is 0 Å². The molecule has 0 radical (unpaired) electrons. The minimum Gasteiger partial charge on any atom is -0.325 e. The molecule has 0 spiro atoms. The number of amides is 1. The largest absolute Gasteiger partial charge is 0.325 e. The molecule has 26 heavy (non-hydrogen) atoms. The maximum Gasteiger partial charge on any atom is 0.234 e. The van der Waals surface area contributed by atoms with Crippen LogP contribution in [-0.2, 0) is 11.3 Å². The molecule has 0 aliphatic carbocycles. The molecule has 0 unspecified atom stereocenters. The zero-order valence-electron chi connectivity index (χ0n) is 15.4. The molecule has 7 heteroatoms. The predicted octanol–water partition coefficient (Wildman–Crippen LogP) is 4.68. The number of hydrogen-bond acceptors (Lipinski definition) is 5. The van der Waals surface area contributed by atoms with E-state index in [4.69, 9.17) is 0 Å². The Morgan fingerprint density at radius 3 is 2.73 bits per heavy atom. The number of aromatic nitrogens is 3. The Morgan fingerprint density at radius 1 is 1.27 bits per heavy atom. The standard InChI is InChI=1S/C19H22N4OS2/c1-5-23-18(16-10-25-14(4)13(16)3)21-22-19(23)26-11-17(24)20-15-8-6-7-12(2)9-15/h6-10H,5,11H2,1-4H3,(H,20,24). The molecular weight excluding hydrogens is 364 g/mol. The molecule has 3 aromatic rings. The fraction of sp³-hybridized carbons (Fsp3) is 0.316. The van der Waals surface area contributed by atoms with Crippen molar-refractivity contribution in [2.45, 2.75) is 39.4 Å². The van der Waals surface area contributed by atoms with Crippen LogP contribution >= 0.6 is 23.1 Å². The summed E-state index contributed by atoms with van der Waals surface area (Å²) in [7, 11) is 0. The number of thiophene rings is 1. The first kappa shape index (κ1) is 18.7. The van der Waals surface area contributed by atoms with E-state index < -0.39 is 0 Å². The minimum absolute atomic E-state index is 0.0460. The number of nitrogens with one attached hydrogen (secondary N) is 1. The van der Waals surface area contributed by atoms with Crippen molar-refractivity contribution in [1.29, 1.82) is 0 Å². The Balaban J connectivity index is 1.70. The van der Waals surface area contributed by atoms with Crippen molar-refractivity contribution in [3.63, 3.8) is 0 Å². The number of carbonyl (C=O) groups is 1. The topological polar surface area (TPSA) is 59.8 Å². The first-order chi connectivity index (χ1) is 12.5. The number of thioether (sulfide) groups is 1. The summed E-state index contributed by atoms with van der Waals surface area (Å²) in [6.07, 6.45) is 0. The molecule has 1 N–H and O–H groups in total. The van der Waals surface area contributed by atoms with Crippen LogP contribution < -0.4 is 5.32 Å². The average Bonchev–Trinajstić information content (AvgIpc) is 3.16. The molecule has 0 saturated heterocycles. The third-order valence-electron chi connectivity index (χ3n) is 4.19. The second kappa shape index (κ2) is 8.05. The summed E-state index contributed by atoms with van der Waals surface area (Å²) in [4.78, 5) is 13.5. The van der Waals surface area contributed by atoms with Crippen molar-refractivity contribution in [2.24, 2.45) is 0 Å². The molecular formula is C19H22N4OS2. The highest BCUT2D eigenvalue weighted by molar-refractivity contribution is 7.99. The van der Waals surface area contributed by atoms with E-state index in [1.807, 2.05) is 31.2 Å². The van der Waals surface area contributed by atoms with Crippen molar-refractivity contribution < 1.29 is 4.79 Å². The SMILES string of the molecule is CCn1c(SCC(=O)Nc2cccc(C)c2)nnc1-c1csc(C)c1C. The van der Waals surface area contributed by atoms with Crippen LogP contribution in [0.1, 0.15) is 22.9 Å². The van der Waals surface area contributed by atoms with Crippen LogP contribution in [0.5, 0.6) is 0 Å². The van der Waals surface area contributed by atoms with E-state index in [0.717, 1.165) is 34.3 Å². The molecule has 1 aromatic carbocycles. The highest BCUT2D eigenvalue weighted by Crippen LogP contribution is 2.31. The van der Waals surface area contributed by atoms with Gasteiger partial charge in [-0.15, -0.1) is 21.5 Å². The van der Waals surface area contributed by atoms with Crippen LogP contribution in [0.15, 0.2) is 34.8 Å². The first-order valence-corrected chi connectivity index (χ1v) is 10.3. The van der Waals surface area contributed by atoms with Gasteiger partial charge in [0.05, 0.1) is 5.75 Å². The average molecular weight is 387 g/mol. The minimum atomic E-state index is -0.0460. The molecule has 5 nitrogen and oxygen atoms in total. The van der Waals surface area contributed by atoms with Crippen molar-refractivity contribution in [3.8, 4) is 11.4 Å². The van der Waals surface area contributed by atoms with Crippen LogP contribution in [0.25, 0.3) is 11.4 Å². The van der Waals surface area contributed by atoms with Crippen LogP contribution in [0.4, 0.5) is 5.69 Å². The number of nitrogens with zero attached hydrogens (tertiary/aromatic N) is 3. The number of rotatable bonds is 6. The van der Waals surface area contributed by atoms with E-state index in [0.29, 0.717) is 5.75 Å². The zero-order valence-corrected chi connectivity index (χ0v) is 17.0. The van der Waals surface area contributed by atoms with Gasteiger partial charge in [-0.05, 0) is 51.0 Å². The summed E-state index contributed by atoms with van der Waals surface area (Å²) in [5.74, 6) is 1.12. The van der Waals surface area contributed by atoms with Gasteiger partial charge in [0, 0.05) is 28.1 Å². The molecule has 0 atom stereocenters. The Morgan fingerprint density at radius 2 is 2.08 bits per heavy atom. The summed E-state index contributed by atoms with van der Waals surface area (Å²) in [6, 6.07) is 7.79. The van der Waals surface area contributed by atoms with Gasteiger partial charge in [-0.3, -0.25) is 4.79 Å². The number of aryl methyl sites for hydroxylation is 2. The molecule has 0 aliphatic rings. The van der Waals surface area contributed by atoms with E-state index in [1.54, 1.807) is 11.3 Å². The molecule has 1 amide bonds. The normalized spacial score (nSPS) is 10.9. The van der Waals surface area contributed by atoms with Crippen molar-refractivity contribution in [1.82, 2.24) is 14.8 Å². The maximum absolute atomic E-state index is 12.2. The summed E-state index contributed by atoms with van der Waals surface area (Å²) in [6.45, 7) is 9.06. The summed E-state index contributed by atoms with van der Waals surface area (Å²) in [5, 5.41) is 14.5. The van der Waals surface area contributed by atoms with Gasteiger partial charge < -0.3 is 9.88 Å². The van der Waals surface area contributed by atoms with E-state index in [-0.39, 0.29) is 5.91 Å². The van der Waals surface area contributed by atoms with Crippen LogP contribution in [-0.4, -0.2) is 26.4 Å². The van der Waals surface area contributed by atoms with Crippen LogP contribution in [0.2, 0.25) is 0 Å². The molecule has 136 valence electrons. The zero-order chi connectivity index (χ0) is 18.7. The van der Waals surface area contributed by atoms with E-state index in [1.165, 1.54) is 22.2 Å². The van der Waals surface area contributed by atoms with Gasteiger partial charge >= 0.3 is 0 Å². The third-order valence-corrected chi connectivity index (χ3v) is 6.17. The fourth-order valence-corrected chi connectivity index (χ4v) is 4.33. The lowest BCUT2D eigenvalue weighted by molar-refractivity contribution is -0.113. The molecule has 0 fully saturated rings. The number of carbonyl (C=O) groups excluding carboxylic acids is 1. The predicted molar refractivity (Wildman–Crippen MR) is 109 cm³/mol. The highest BCUT2D eigenvalue weighted by Gasteiger charge is 2.17. The molecule has 2 heterocycles. The summed E-state index contributed by atoms with van der Waals surface area (Å²) in [5.41, 5.74) is 4.30. The lowest BCUT2D eigenvalue weighted by Crippen LogP contribution is -2.14. The Labute approximate surface area is 161 Å². The second-order valence-corrected chi connectivity index (χ2v) is 8.11. The van der Waals surface area contributed by atoms with Crippen molar-refractivity contribution >= 4 is 34.7 Å². The third kappa shape index (κ3) is 3.99. The van der Waals surface area contributed by atoms with Gasteiger partial charge in [0.2, 0.25) is 5.91 Å². The van der Waals surface area contributed by atoms with Gasteiger partial charge in [0.15, 0.2) is 11.0 Å². The van der Waals surface area contributed by atoms with E-state index >= 15 is 0 Å². The van der Waals surface area contributed by atoms with E-state index in [9.17, 15) is 4.79 Å². The Kier molecular flexibility index (Phi) is 5.78. The molecule has 3 rings (SSSR count). The van der Waals surface area contributed by atoms with Crippen LogP contribution in [0, 0.1) is 20.8 Å². The monoisotopic (exact) mass is 386 g/mol. The Hall–Kier alpha value is -2.12. The number of hydrogen-bond donors (Lipinski definition) is 1. The highest BCUT2D eigenvalue weighted by atomic mass is 32.2. The number of benzene rings is 1. The van der Waals surface area contributed by atoms with Crippen molar-refractivity contribution in [2.75, 3.05) is 11.1 Å². The van der Waals surface area contributed by atoms with Gasteiger partial charge in [-0.25, -0.2) is 0 Å². The summed E-state index contributed by atoms with van der Waals surface area (Å²) >= 11 is 3.13. The fourth-order valence-electron chi connectivity index (χ4n) is 2.66. The summed E-state index contributed by atoms with van der Waals surface area (Å²) < 4.78 is 2.07. The van der Waals surface area contributed by atoms with E-state index in [2.05, 4.69) is 46.2 Å². The van der Waals surface area contributed by atoms with Crippen LogP contribution in [0.3, 0.4) is 0 Å². The Bertz CT molecular complexity index is 930. The quantitative estimate of drug-likeness (QED) is 0.625. The van der Waals surface area contributed by atoms with Crippen molar-refractivity contribution in [3.05, 3.63) is 45.6 Å².